The zero-order valence-electron chi connectivity index (χ0n) is 8.92. The maximum Gasteiger partial charge on any atom is 0.0514 e. The van der Waals surface area contributed by atoms with Crippen LogP contribution >= 0.6 is 11.5 Å². The fourth-order valence-electron chi connectivity index (χ4n) is 2.28. The molecule has 2 heterocycles. The van der Waals surface area contributed by atoms with Crippen molar-refractivity contribution in [2.75, 3.05) is 13.1 Å². The fraction of sp³-hybridized carbons (Fsp3) is 0.727. The summed E-state index contributed by atoms with van der Waals surface area (Å²) in [6.45, 7) is 6.72. The maximum absolute atomic E-state index is 4.38. The molecule has 1 saturated heterocycles. The van der Waals surface area contributed by atoms with Crippen LogP contribution in [-0.2, 0) is 0 Å². The first-order valence-corrected chi connectivity index (χ1v) is 6.22. The minimum Gasteiger partial charge on any atom is -0.316 e. The minimum atomic E-state index is 0.757. The molecule has 2 unspecified atom stereocenters. The van der Waals surface area contributed by atoms with Gasteiger partial charge >= 0.3 is 0 Å². The number of nitrogens with one attached hydrogen (secondary N) is 1. The van der Waals surface area contributed by atoms with Crippen molar-refractivity contribution in [3.8, 4) is 0 Å². The monoisotopic (exact) mass is 210 g/mol. The Morgan fingerprint density at radius 3 is 3.14 bits per heavy atom. The highest BCUT2D eigenvalue weighted by molar-refractivity contribution is 7.05. The molecule has 1 N–H and O–H groups in total. The van der Waals surface area contributed by atoms with E-state index in [9.17, 15) is 0 Å². The van der Waals surface area contributed by atoms with Crippen molar-refractivity contribution in [1.29, 1.82) is 0 Å². The molecule has 1 fully saturated rings. The lowest BCUT2D eigenvalue weighted by Crippen LogP contribution is -2.34. The van der Waals surface area contributed by atoms with Crippen LogP contribution in [0.5, 0.6) is 0 Å². The molecule has 3 heteroatoms. The van der Waals surface area contributed by atoms with E-state index in [0.717, 1.165) is 18.4 Å². The zero-order valence-corrected chi connectivity index (χ0v) is 9.73. The smallest absolute Gasteiger partial charge is 0.0514 e. The number of aromatic nitrogens is 1. The quantitative estimate of drug-likeness (QED) is 0.811. The second kappa shape index (κ2) is 4.41. The van der Waals surface area contributed by atoms with Crippen LogP contribution in [0.3, 0.4) is 0 Å². The van der Waals surface area contributed by atoms with Crippen LogP contribution in [0.4, 0.5) is 0 Å². The lowest BCUT2D eigenvalue weighted by atomic mass is 9.83. The van der Waals surface area contributed by atoms with Crippen molar-refractivity contribution in [3.05, 3.63) is 16.6 Å². The van der Waals surface area contributed by atoms with Crippen molar-refractivity contribution in [2.45, 2.75) is 32.6 Å². The van der Waals surface area contributed by atoms with Crippen molar-refractivity contribution in [3.63, 3.8) is 0 Å². The summed E-state index contributed by atoms with van der Waals surface area (Å²) in [5, 5.41) is 3.48. The molecule has 2 nitrogen and oxygen atoms in total. The fourth-order valence-corrected chi connectivity index (χ4v) is 3.26. The summed E-state index contributed by atoms with van der Waals surface area (Å²) < 4.78 is 4.38. The molecule has 0 spiro atoms. The number of piperidine rings is 1. The highest BCUT2D eigenvalue weighted by atomic mass is 32.1. The van der Waals surface area contributed by atoms with Gasteiger partial charge in [-0.2, -0.15) is 4.37 Å². The Hall–Kier alpha value is -0.410. The topological polar surface area (TPSA) is 24.9 Å². The summed E-state index contributed by atoms with van der Waals surface area (Å²) in [5.74, 6) is 1.57. The van der Waals surface area contributed by atoms with E-state index in [2.05, 4.69) is 29.6 Å². The standard InChI is InChI=1S/C11H18N2S/c1-3-9-7-12-5-4-10(9)11-6-8(2)13-14-11/h6,9-10,12H,3-5,7H2,1-2H3. The second-order valence-corrected chi connectivity index (χ2v) is 4.97. The summed E-state index contributed by atoms with van der Waals surface area (Å²) in [6.07, 6.45) is 2.55. The molecule has 0 aliphatic carbocycles. The molecule has 0 aromatic carbocycles. The van der Waals surface area contributed by atoms with Crippen LogP contribution in [0.25, 0.3) is 0 Å². The molecule has 0 bridgehead atoms. The van der Waals surface area contributed by atoms with Gasteiger partial charge in [0.05, 0.1) is 5.69 Å². The van der Waals surface area contributed by atoms with E-state index in [1.807, 2.05) is 0 Å². The molecule has 0 radical (unpaired) electrons. The van der Waals surface area contributed by atoms with E-state index in [1.165, 1.54) is 30.0 Å². The predicted molar refractivity (Wildman–Crippen MR) is 60.9 cm³/mol. The van der Waals surface area contributed by atoms with Crippen molar-refractivity contribution in [1.82, 2.24) is 9.69 Å². The Bertz CT molecular complexity index is 295. The lowest BCUT2D eigenvalue weighted by Gasteiger charge is -2.30. The number of nitrogens with zero attached hydrogens (tertiary/aromatic N) is 1. The molecule has 2 atom stereocenters. The van der Waals surface area contributed by atoms with E-state index in [4.69, 9.17) is 0 Å². The Morgan fingerprint density at radius 2 is 2.50 bits per heavy atom. The van der Waals surface area contributed by atoms with Gasteiger partial charge in [0.25, 0.3) is 0 Å². The first-order valence-electron chi connectivity index (χ1n) is 5.45. The molecule has 0 saturated carbocycles. The Labute approximate surface area is 89.9 Å². The first-order chi connectivity index (χ1) is 6.81. The highest BCUT2D eigenvalue weighted by Crippen LogP contribution is 2.34. The summed E-state index contributed by atoms with van der Waals surface area (Å²) in [7, 11) is 0. The Balaban J connectivity index is 2.14. The molecule has 2 rings (SSSR count). The molecule has 1 aromatic heterocycles. The summed E-state index contributed by atoms with van der Waals surface area (Å²) in [5.41, 5.74) is 1.18. The largest absolute Gasteiger partial charge is 0.316 e. The maximum atomic E-state index is 4.38. The van der Waals surface area contributed by atoms with Gasteiger partial charge < -0.3 is 5.32 Å². The third-order valence-corrected chi connectivity index (χ3v) is 4.15. The van der Waals surface area contributed by atoms with Gasteiger partial charge in [0.15, 0.2) is 0 Å². The zero-order chi connectivity index (χ0) is 9.97. The molecular weight excluding hydrogens is 192 g/mol. The Kier molecular flexibility index (Phi) is 3.19. The van der Waals surface area contributed by atoms with Crippen molar-refractivity contribution >= 4 is 11.5 Å². The van der Waals surface area contributed by atoms with Crippen molar-refractivity contribution < 1.29 is 0 Å². The van der Waals surface area contributed by atoms with Gasteiger partial charge in [0.1, 0.15) is 0 Å². The molecule has 0 amide bonds. The normalized spacial score (nSPS) is 27.9. The average Bonchev–Trinajstić information content (AvgIpc) is 2.65. The van der Waals surface area contributed by atoms with E-state index in [-0.39, 0.29) is 0 Å². The van der Waals surface area contributed by atoms with Gasteiger partial charge in [0.2, 0.25) is 0 Å². The van der Waals surface area contributed by atoms with Gasteiger partial charge in [-0.05, 0) is 50.0 Å². The molecule has 78 valence electrons. The SMILES string of the molecule is CCC1CNCCC1c1cc(C)ns1. The van der Waals surface area contributed by atoms with Gasteiger partial charge in [-0.3, -0.25) is 0 Å². The van der Waals surface area contributed by atoms with Crippen LogP contribution in [0.15, 0.2) is 6.07 Å². The highest BCUT2D eigenvalue weighted by Gasteiger charge is 2.26. The summed E-state index contributed by atoms with van der Waals surface area (Å²) in [6, 6.07) is 2.27. The lowest BCUT2D eigenvalue weighted by molar-refractivity contribution is 0.321. The van der Waals surface area contributed by atoms with Crippen molar-refractivity contribution in [2.24, 2.45) is 5.92 Å². The van der Waals surface area contributed by atoms with E-state index in [1.54, 1.807) is 11.5 Å². The van der Waals surface area contributed by atoms with Gasteiger partial charge in [-0.15, -0.1) is 0 Å². The second-order valence-electron chi connectivity index (χ2n) is 4.14. The van der Waals surface area contributed by atoms with Crippen LogP contribution in [0.1, 0.15) is 36.3 Å². The third kappa shape index (κ3) is 1.98. The number of aryl methyl sites for hydroxylation is 1. The van der Waals surface area contributed by atoms with E-state index in [0.29, 0.717) is 0 Å². The molecule has 1 aliphatic rings. The van der Waals surface area contributed by atoms with Gasteiger partial charge in [0, 0.05) is 10.8 Å². The third-order valence-electron chi connectivity index (χ3n) is 3.14. The van der Waals surface area contributed by atoms with Gasteiger partial charge in [-0.1, -0.05) is 13.3 Å². The first kappa shape index (κ1) is 10.1. The summed E-state index contributed by atoms with van der Waals surface area (Å²) in [4.78, 5) is 1.50. The summed E-state index contributed by atoms with van der Waals surface area (Å²) >= 11 is 1.70. The molecule has 1 aromatic rings. The molecular formula is C11H18N2S. The average molecular weight is 210 g/mol. The van der Waals surface area contributed by atoms with E-state index >= 15 is 0 Å². The van der Waals surface area contributed by atoms with Crippen LogP contribution in [0.2, 0.25) is 0 Å². The minimum absolute atomic E-state index is 0.757. The number of rotatable bonds is 2. The van der Waals surface area contributed by atoms with E-state index < -0.39 is 0 Å². The van der Waals surface area contributed by atoms with Crippen LogP contribution in [0, 0.1) is 12.8 Å². The number of hydrogen-bond donors (Lipinski definition) is 1. The van der Waals surface area contributed by atoms with Gasteiger partial charge in [-0.25, -0.2) is 0 Å². The van der Waals surface area contributed by atoms with Crippen LogP contribution in [-0.4, -0.2) is 17.5 Å². The Morgan fingerprint density at radius 1 is 1.64 bits per heavy atom. The van der Waals surface area contributed by atoms with Crippen LogP contribution < -0.4 is 5.32 Å². The molecule has 1 aliphatic heterocycles. The number of hydrogen-bond acceptors (Lipinski definition) is 3. The predicted octanol–water partition coefficient (Wildman–Crippen LogP) is 2.55. The molecule has 14 heavy (non-hydrogen) atoms.